The Morgan fingerprint density at radius 1 is 1.07 bits per heavy atom. The molecule has 1 saturated carbocycles. The Kier molecular flexibility index (Phi) is 6.69. The third kappa shape index (κ3) is 5.36. The second-order valence-corrected chi connectivity index (χ2v) is 10.9. The summed E-state index contributed by atoms with van der Waals surface area (Å²) in [5.41, 5.74) is 6.36. The van der Waals surface area contributed by atoms with Gasteiger partial charge in [0.1, 0.15) is 34.7 Å². The van der Waals surface area contributed by atoms with Crippen molar-refractivity contribution >= 4 is 45.3 Å². The molecule has 1 aliphatic heterocycles. The fourth-order valence-corrected chi connectivity index (χ4v) is 5.45. The van der Waals surface area contributed by atoms with Gasteiger partial charge >= 0.3 is 0 Å². The molecule has 2 fully saturated rings. The van der Waals surface area contributed by atoms with Crippen LogP contribution in [0, 0.1) is 6.92 Å². The molecule has 1 amide bonds. The van der Waals surface area contributed by atoms with Crippen LogP contribution in [-0.2, 0) is 11.8 Å². The van der Waals surface area contributed by atoms with Gasteiger partial charge in [0.2, 0.25) is 5.91 Å². The van der Waals surface area contributed by atoms with Crippen molar-refractivity contribution in [1.29, 1.82) is 0 Å². The van der Waals surface area contributed by atoms with Gasteiger partial charge in [0, 0.05) is 38.4 Å². The highest BCUT2D eigenvalue weighted by Gasteiger charge is 2.30. The molecule has 2 aliphatic rings. The van der Waals surface area contributed by atoms with Gasteiger partial charge in [0.25, 0.3) is 0 Å². The highest BCUT2D eigenvalue weighted by molar-refractivity contribution is 5.89. The van der Waals surface area contributed by atoms with Crippen LogP contribution in [0.25, 0.3) is 22.1 Å². The normalized spacial score (nSPS) is 16.4. The summed E-state index contributed by atoms with van der Waals surface area (Å²) in [4.78, 5) is 30.6. The minimum Gasteiger partial charge on any atom is -0.457 e. The number of benzene rings is 2. The number of pyridine rings is 1. The molecule has 4 heterocycles. The summed E-state index contributed by atoms with van der Waals surface area (Å²) in [5, 5.41) is 11.7. The van der Waals surface area contributed by atoms with E-state index < -0.39 is 0 Å². The predicted octanol–water partition coefficient (Wildman–Crippen LogP) is 5.07. The molecule has 11 heteroatoms. The van der Waals surface area contributed by atoms with Crippen LogP contribution in [0.15, 0.2) is 79.2 Å². The molecule has 2 aromatic carbocycles. The molecule has 43 heavy (non-hydrogen) atoms. The molecular weight excluding hydrogens is 542 g/mol. The van der Waals surface area contributed by atoms with Gasteiger partial charge < -0.3 is 19.9 Å². The summed E-state index contributed by atoms with van der Waals surface area (Å²) in [6, 6.07) is 15.6. The number of piperazine rings is 1. The molecule has 0 bridgehead atoms. The Bertz CT molecular complexity index is 1910. The Morgan fingerprint density at radius 2 is 1.95 bits per heavy atom. The van der Waals surface area contributed by atoms with Crippen LogP contribution >= 0.6 is 0 Å². The van der Waals surface area contributed by atoms with E-state index in [0.29, 0.717) is 36.7 Å². The van der Waals surface area contributed by atoms with E-state index in [9.17, 15) is 4.79 Å². The molecule has 0 spiro atoms. The van der Waals surface area contributed by atoms with Crippen LogP contribution in [0.4, 0.5) is 17.3 Å². The van der Waals surface area contributed by atoms with Crippen molar-refractivity contribution < 1.29 is 9.53 Å². The maximum Gasteiger partial charge on any atom is 0.246 e. The fourth-order valence-electron chi connectivity index (χ4n) is 5.45. The second kappa shape index (κ2) is 10.8. The van der Waals surface area contributed by atoms with Crippen molar-refractivity contribution in [2.75, 3.05) is 29.9 Å². The average Bonchev–Trinajstić information content (AvgIpc) is 3.77. The van der Waals surface area contributed by atoms with Crippen LogP contribution in [0.1, 0.15) is 18.4 Å². The molecule has 1 atom stereocenters. The SMILES string of the molecule is C=CC(=O)N1CCN(c2ccc3ncnc(Nc4ccc(Oc5ccc6c(c5)nnn6C)c(C)c4)c3n2)C[C@@H]1C=C1CC1. The van der Waals surface area contributed by atoms with Crippen LogP contribution in [0.5, 0.6) is 11.5 Å². The molecule has 11 nitrogen and oxygen atoms in total. The van der Waals surface area contributed by atoms with E-state index in [4.69, 9.17) is 9.72 Å². The predicted molar refractivity (Wildman–Crippen MR) is 166 cm³/mol. The molecule has 0 radical (unpaired) electrons. The summed E-state index contributed by atoms with van der Waals surface area (Å²) in [6.45, 7) is 7.64. The van der Waals surface area contributed by atoms with Crippen LogP contribution < -0.4 is 15.0 Å². The zero-order valence-electron chi connectivity index (χ0n) is 24.1. The van der Waals surface area contributed by atoms with Crippen molar-refractivity contribution in [3.63, 3.8) is 0 Å². The van der Waals surface area contributed by atoms with Gasteiger partial charge in [-0.25, -0.2) is 19.6 Å². The number of hydrogen-bond donors (Lipinski definition) is 1. The van der Waals surface area contributed by atoms with E-state index in [1.807, 2.05) is 67.4 Å². The first-order valence-corrected chi connectivity index (χ1v) is 14.3. The van der Waals surface area contributed by atoms with Crippen molar-refractivity contribution in [2.45, 2.75) is 25.8 Å². The summed E-state index contributed by atoms with van der Waals surface area (Å²) in [7, 11) is 1.86. The average molecular weight is 574 g/mol. The molecule has 0 unspecified atom stereocenters. The number of nitrogens with zero attached hydrogens (tertiary/aromatic N) is 8. The molecule has 7 rings (SSSR count). The lowest BCUT2D eigenvalue weighted by molar-refractivity contribution is -0.127. The minimum absolute atomic E-state index is 0.00916. The first-order valence-electron chi connectivity index (χ1n) is 14.3. The molecule has 1 N–H and O–H groups in total. The number of carbonyl (C=O) groups excluding carboxylic acids is 1. The first kappa shape index (κ1) is 26.6. The minimum atomic E-state index is -0.0354. The summed E-state index contributed by atoms with van der Waals surface area (Å²) in [5.74, 6) is 2.85. The van der Waals surface area contributed by atoms with Crippen LogP contribution in [0.3, 0.4) is 0 Å². The Hall–Kier alpha value is -5.32. The number of aryl methyl sites for hydroxylation is 2. The number of nitrogens with one attached hydrogen (secondary N) is 1. The maximum absolute atomic E-state index is 12.5. The number of rotatable bonds is 7. The zero-order valence-corrected chi connectivity index (χ0v) is 24.1. The van der Waals surface area contributed by atoms with Gasteiger partial charge in [-0.2, -0.15) is 0 Å². The number of ether oxygens (including phenoxy) is 1. The van der Waals surface area contributed by atoms with Gasteiger partial charge in [0.15, 0.2) is 5.82 Å². The first-order chi connectivity index (χ1) is 20.9. The zero-order chi connectivity index (χ0) is 29.5. The van der Waals surface area contributed by atoms with Gasteiger partial charge in [0.05, 0.1) is 17.1 Å². The van der Waals surface area contributed by atoms with E-state index >= 15 is 0 Å². The molecular formula is C32H31N9O2. The molecule has 5 aromatic rings. The van der Waals surface area contributed by atoms with Crippen molar-refractivity contribution in [2.24, 2.45) is 7.05 Å². The van der Waals surface area contributed by atoms with Gasteiger partial charge in [-0.05, 0) is 73.9 Å². The lowest BCUT2D eigenvalue weighted by Gasteiger charge is -2.40. The third-order valence-corrected chi connectivity index (χ3v) is 7.88. The highest BCUT2D eigenvalue weighted by Crippen LogP contribution is 2.32. The fraction of sp³-hybridized carbons (Fsp3) is 0.250. The van der Waals surface area contributed by atoms with Gasteiger partial charge in [-0.3, -0.25) is 4.79 Å². The number of fused-ring (bicyclic) bond motifs is 2. The lowest BCUT2D eigenvalue weighted by atomic mass is 10.1. The standard InChI is InChI=1S/C32H31N9O2/c1-4-30(42)41-14-13-40(18-23(41)16-21-5-6-21)29-12-9-25-31(36-29)32(34-19-33-25)35-22-7-11-28(20(2)15-22)43-24-8-10-27-26(17-24)37-38-39(27)3/h4,7-12,15-17,19,23H,1,5-6,13-14,18H2,2-3H3,(H,33,34,35)/t23-/m0/s1. The molecule has 216 valence electrons. The maximum atomic E-state index is 12.5. The third-order valence-electron chi connectivity index (χ3n) is 7.88. The Balaban J connectivity index is 1.11. The molecule has 1 saturated heterocycles. The lowest BCUT2D eigenvalue weighted by Crippen LogP contribution is -2.54. The number of carbonyl (C=O) groups is 1. The number of amides is 1. The van der Waals surface area contributed by atoms with E-state index in [1.54, 1.807) is 4.68 Å². The topological polar surface area (TPSA) is 114 Å². The van der Waals surface area contributed by atoms with E-state index in [2.05, 4.69) is 43.2 Å². The summed E-state index contributed by atoms with van der Waals surface area (Å²) >= 11 is 0. The number of aromatic nitrogens is 6. The van der Waals surface area contributed by atoms with Gasteiger partial charge in [-0.15, -0.1) is 5.10 Å². The van der Waals surface area contributed by atoms with E-state index in [1.165, 1.54) is 18.0 Å². The smallest absolute Gasteiger partial charge is 0.246 e. The number of hydrogen-bond acceptors (Lipinski definition) is 9. The largest absolute Gasteiger partial charge is 0.457 e. The highest BCUT2D eigenvalue weighted by atomic mass is 16.5. The van der Waals surface area contributed by atoms with Crippen LogP contribution in [0.2, 0.25) is 0 Å². The van der Waals surface area contributed by atoms with E-state index in [0.717, 1.165) is 52.2 Å². The Morgan fingerprint density at radius 3 is 2.77 bits per heavy atom. The summed E-state index contributed by atoms with van der Waals surface area (Å²) in [6.07, 6.45) is 7.39. The summed E-state index contributed by atoms with van der Waals surface area (Å²) < 4.78 is 7.90. The molecule has 1 aliphatic carbocycles. The number of anilines is 3. The van der Waals surface area contributed by atoms with E-state index in [-0.39, 0.29) is 11.9 Å². The molecule has 3 aromatic heterocycles. The van der Waals surface area contributed by atoms with Crippen molar-refractivity contribution in [3.05, 3.63) is 84.7 Å². The quantitative estimate of drug-likeness (QED) is 0.210. The monoisotopic (exact) mass is 573 g/mol. The van der Waals surface area contributed by atoms with Crippen molar-refractivity contribution in [1.82, 2.24) is 34.8 Å². The van der Waals surface area contributed by atoms with Gasteiger partial charge in [-0.1, -0.05) is 23.4 Å². The second-order valence-electron chi connectivity index (χ2n) is 10.9. The number of allylic oxidation sites excluding steroid dienone is 1. The van der Waals surface area contributed by atoms with Crippen LogP contribution in [-0.4, -0.2) is 66.4 Å². The van der Waals surface area contributed by atoms with Crippen molar-refractivity contribution in [3.8, 4) is 11.5 Å². The Labute approximate surface area is 248 Å².